The highest BCUT2D eigenvalue weighted by Crippen LogP contribution is 2.29. The summed E-state index contributed by atoms with van der Waals surface area (Å²) in [5.41, 5.74) is 3.49. The van der Waals surface area contributed by atoms with Gasteiger partial charge in [0, 0.05) is 5.69 Å². The zero-order chi connectivity index (χ0) is 25.2. The summed E-state index contributed by atoms with van der Waals surface area (Å²) in [4.78, 5) is 28.8. The van der Waals surface area contributed by atoms with Crippen LogP contribution in [0.3, 0.4) is 0 Å². The van der Waals surface area contributed by atoms with Crippen molar-refractivity contribution in [3.8, 4) is 0 Å². The first-order valence-corrected chi connectivity index (χ1v) is 13.0. The van der Waals surface area contributed by atoms with E-state index in [2.05, 4.69) is 15.0 Å². The van der Waals surface area contributed by atoms with Crippen LogP contribution in [0, 0.1) is 13.8 Å². The molecule has 0 fully saturated rings. The molecule has 0 saturated heterocycles. The van der Waals surface area contributed by atoms with E-state index in [4.69, 9.17) is 0 Å². The number of anilines is 1. The molecule has 35 heavy (non-hydrogen) atoms. The van der Waals surface area contributed by atoms with Gasteiger partial charge in [0.25, 0.3) is 10.0 Å². The first-order valence-electron chi connectivity index (χ1n) is 10.6. The van der Waals surface area contributed by atoms with Gasteiger partial charge in [-0.2, -0.15) is 0 Å². The van der Waals surface area contributed by atoms with Crippen LogP contribution in [0.5, 0.6) is 0 Å². The summed E-state index contributed by atoms with van der Waals surface area (Å²) in [5.74, 6) is -0.879. The monoisotopic (exact) mass is 509 g/mol. The van der Waals surface area contributed by atoms with E-state index < -0.39 is 16.0 Å². The molecule has 0 atom stereocenters. The molecule has 1 heterocycles. The minimum Gasteiger partial charge on any atom is -0.465 e. The van der Waals surface area contributed by atoms with Crippen molar-refractivity contribution in [2.24, 2.45) is 0 Å². The number of amides is 1. The fourth-order valence-corrected chi connectivity index (χ4v) is 6.33. The number of carbonyl (C=O) groups is 2. The summed E-state index contributed by atoms with van der Waals surface area (Å²) in [6.07, 6.45) is 0. The number of methoxy groups -OCH3 is 1. The Hall–Kier alpha value is -3.63. The number of rotatable bonds is 7. The lowest BCUT2D eigenvalue weighted by Gasteiger charge is -2.12. The molecule has 1 amide bonds. The molecular formula is C25H23N3O5S2. The largest absolute Gasteiger partial charge is 0.465 e. The zero-order valence-corrected chi connectivity index (χ0v) is 20.9. The molecule has 1 aromatic heterocycles. The van der Waals surface area contributed by atoms with E-state index in [0.29, 0.717) is 22.3 Å². The van der Waals surface area contributed by atoms with Gasteiger partial charge in [0.15, 0.2) is 5.16 Å². The normalized spacial score (nSPS) is 11.4. The molecule has 0 aliphatic rings. The van der Waals surface area contributed by atoms with Crippen molar-refractivity contribution in [3.05, 3.63) is 83.4 Å². The van der Waals surface area contributed by atoms with Crippen LogP contribution in [0.4, 0.5) is 5.69 Å². The smallest absolute Gasteiger partial charge is 0.337 e. The van der Waals surface area contributed by atoms with Gasteiger partial charge in [-0.05, 0) is 73.5 Å². The van der Waals surface area contributed by atoms with E-state index in [1.165, 1.54) is 11.1 Å². The Morgan fingerprint density at radius 1 is 1.00 bits per heavy atom. The number of para-hydroxylation sites is 2. The zero-order valence-electron chi connectivity index (χ0n) is 19.3. The second-order valence-corrected chi connectivity index (χ2v) is 10.6. The number of aryl methyl sites for hydroxylation is 2. The number of nitrogens with one attached hydrogen (secondary N) is 1. The van der Waals surface area contributed by atoms with Gasteiger partial charge < -0.3 is 10.1 Å². The fourth-order valence-electron chi connectivity index (χ4n) is 3.63. The Morgan fingerprint density at radius 2 is 1.66 bits per heavy atom. The summed E-state index contributed by atoms with van der Waals surface area (Å²) in [6.45, 7) is 3.69. The Balaban J connectivity index is 1.60. The van der Waals surface area contributed by atoms with Gasteiger partial charge in [0.1, 0.15) is 0 Å². The number of benzene rings is 3. The van der Waals surface area contributed by atoms with Gasteiger partial charge in [0.05, 0.1) is 34.4 Å². The van der Waals surface area contributed by atoms with Crippen molar-refractivity contribution in [1.29, 1.82) is 0 Å². The van der Waals surface area contributed by atoms with Crippen LogP contribution < -0.4 is 5.32 Å². The van der Waals surface area contributed by atoms with Gasteiger partial charge in [-0.1, -0.05) is 30.0 Å². The molecule has 0 aliphatic carbocycles. The molecule has 0 saturated carbocycles. The highest BCUT2D eigenvalue weighted by molar-refractivity contribution is 8.00. The molecule has 10 heteroatoms. The van der Waals surface area contributed by atoms with Crippen LogP contribution in [0.2, 0.25) is 0 Å². The SMILES string of the molecule is COC(=O)c1ccc(NC(=O)CSc2nc3ccccc3n2S(=O)(=O)c2cc(C)cc(C)c2)cc1. The molecule has 4 aromatic rings. The van der Waals surface area contributed by atoms with Gasteiger partial charge >= 0.3 is 5.97 Å². The Labute approximate surface area is 207 Å². The first kappa shape index (κ1) is 24.5. The Kier molecular flexibility index (Phi) is 6.95. The molecule has 0 aliphatic heterocycles. The molecule has 4 rings (SSSR count). The van der Waals surface area contributed by atoms with Crippen LogP contribution in [0.15, 0.2) is 76.8 Å². The maximum Gasteiger partial charge on any atom is 0.337 e. The Morgan fingerprint density at radius 3 is 2.31 bits per heavy atom. The van der Waals surface area contributed by atoms with Crippen LogP contribution in [0.1, 0.15) is 21.5 Å². The van der Waals surface area contributed by atoms with Crippen molar-refractivity contribution in [2.75, 3.05) is 18.2 Å². The number of carbonyl (C=O) groups excluding carboxylic acids is 2. The van der Waals surface area contributed by atoms with Crippen molar-refractivity contribution < 1.29 is 22.7 Å². The summed E-state index contributed by atoms with van der Waals surface area (Å²) in [7, 11) is -2.67. The molecule has 180 valence electrons. The third-order valence-electron chi connectivity index (χ3n) is 5.15. The standard InChI is InChI=1S/C25H23N3O5S2/c1-16-12-17(2)14-20(13-16)35(31,32)28-22-7-5-4-6-21(22)27-25(28)34-15-23(29)26-19-10-8-18(9-11-19)24(30)33-3/h4-14H,15H2,1-3H3,(H,26,29). The van der Waals surface area contributed by atoms with Gasteiger partial charge in [-0.15, -0.1) is 0 Å². The number of thioether (sulfide) groups is 1. The van der Waals surface area contributed by atoms with Crippen LogP contribution >= 0.6 is 11.8 Å². The van der Waals surface area contributed by atoms with Gasteiger partial charge in [0.2, 0.25) is 5.91 Å². The number of fused-ring (bicyclic) bond motifs is 1. The second kappa shape index (κ2) is 9.93. The number of aromatic nitrogens is 2. The molecule has 0 spiro atoms. The molecular weight excluding hydrogens is 486 g/mol. The van der Waals surface area contributed by atoms with Crippen LogP contribution in [-0.4, -0.2) is 42.1 Å². The maximum atomic E-state index is 13.7. The first-order chi connectivity index (χ1) is 16.7. The number of esters is 1. The van der Waals surface area contributed by atoms with E-state index in [0.717, 1.165) is 22.9 Å². The lowest BCUT2D eigenvalue weighted by atomic mass is 10.2. The average molecular weight is 510 g/mol. The number of hydrogen-bond donors (Lipinski definition) is 1. The maximum absolute atomic E-state index is 13.7. The lowest BCUT2D eigenvalue weighted by Crippen LogP contribution is -2.17. The topological polar surface area (TPSA) is 107 Å². The van der Waals surface area contributed by atoms with Crippen molar-refractivity contribution >= 4 is 50.4 Å². The van der Waals surface area contributed by atoms with Crippen molar-refractivity contribution in [3.63, 3.8) is 0 Å². The fraction of sp³-hybridized carbons (Fsp3) is 0.160. The molecule has 1 N–H and O–H groups in total. The minimum absolute atomic E-state index is 0.0650. The predicted molar refractivity (Wildman–Crippen MR) is 135 cm³/mol. The van der Waals surface area contributed by atoms with E-state index in [1.807, 2.05) is 19.9 Å². The van der Waals surface area contributed by atoms with E-state index in [1.54, 1.807) is 60.7 Å². The molecule has 0 bridgehead atoms. The van der Waals surface area contributed by atoms with Crippen molar-refractivity contribution in [1.82, 2.24) is 8.96 Å². The third-order valence-corrected chi connectivity index (χ3v) is 7.88. The lowest BCUT2D eigenvalue weighted by molar-refractivity contribution is -0.113. The highest BCUT2D eigenvalue weighted by atomic mass is 32.2. The summed E-state index contributed by atoms with van der Waals surface area (Å²) in [6, 6.07) is 18.4. The third kappa shape index (κ3) is 5.23. The summed E-state index contributed by atoms with van der Waals surface area (Å²) < 4.78 is 33.2. The molecule has 0 radical (unpaired) electrons. The average Bonchev–Trinajstić information content (AvgIpc) is 3.21. The molecule has 0 unspecified atom stereocenters. The number of nitrogens with zero attached hydrogens (tertiary/aromatic N) is 2. The van der Waals surface area contributed by atoms with Crippen molar-refractivity contribution in [2.45, 2.75) is 23.9 Å². The summed E-state index contributed by atoms with van der Waals surface area (Å²) in [5, 5.41) is 2.93. The van der Waals surface area contributed by atoms with Gasteiger partial charge in [-0.3, -0.25) is 4.79 Å². The highest BCUT2D eigenvalue weighted by Gasteiger charge is 2.25. The number of ether oxygens (including phenoxy) is 1. The number of hydrogen-bond acceptors (Lipinski definition) is 7. The second-order valence-electron chi connectivity index (χ2n) is 7.88. The van der Waals surface area contributed by atoms with E-state index >= 15 is 0 Å². The van der Waals surface area contributed by atoms with Gasteiger partial charge in [-0.25, -0.2) is 22.2 Å². The Bertz CT molecular complexity index is 1510. The quantitative estimate of drug-likeness (QED) is 0.290. The summed E-state index contributed by atoms with van der Waals surface area (Å²) >= 11 is 1.03. The van der Waals surface area contributed by atoms with Crippen LogP contribution in [-0.2, 0) is 19.6 Å². The molecule has 8 nitrogen and oxygen atoms in total. The van der Waals surface area contributed by atoms with E-state index in [9.17, 15) is 18.0 Å². The van der Waals surface area contributed by atoms with Crippen LogP contribution in [0.25, 0.3) is 11.0 Å². The number of imidazole rings is 1. The minimum atomic E-state index is -3.96. The predicted octanol–water partition coefficient (Wildman–Crippen LogP) is 4.41. The molecule has 3 aromatic carbocycles. The van der Waals surface area contributed by atoms with E-state index in [-0.39, 0.29) is 21.7 Å².